The van der Waals surface area contributed by atoms with E-state index in [9.17, 15) is 4.79 Å². The second-order valence-electron chi connectivity index (χ2n) is 11.1. The minimum Gasteiger partial charge on any atom is -0.456 e. The van der Waals surface area contributed by atoms with Gasteiger partial charge in [0.05, 0.1) is 18.9 Å². The average molecular weight is 515 g/mol. The Kier molecular flexibility index (Phi) is 6.89. The van der Waals surface area contributed by atoms with Crippen LogP contribution in [0.1, 0.15) is 36.8 Å². The second-order valence-corrected chi connectivity index (χ2v) is 11.1. The van der Waals surface area contributed by atoms with E-state index in [2.05, 4.69) is 77.2 Å². The van der Waals surface area contributed by atoms with Gasteiger partial charge in [0.15, 0.2) is 0 Å². The van der Waals surface area contributed by atoms with Crippen molar-refractivity contribution in [1.82, 2.24) is 9.88 Å². The van der Waals surface area contributed by atoms with Crippen LogP contribution in [0.15, 0.2) is 53.3 Å². The lowest BCUT2D eigenvalue weighted by Crippen LogP contribution is -2.40. The highest BCUT2D eigenvalue weighted by atomic mass is 16.5. The Labute approximate surface area is 225 Å². The van der Waals surface area contributed by atoms with Crippen LogP contribution in [0.25, 0.3) is 11.3 Å². The zero-order valence-electron chi connectivity index (χ0n) is 22.7. The molecule has 0 spiro atoms. The summed E-state index contributed by atoms with van der Waals surface area (Å²) >= 11 is 0. The molecule has 1 saturated heterocycles. The molecule has 6 rings (SSSR count). The van der Waals surface area contributed by atoms with Crippen LogP contribution < -0.4 is 20.1 Å². The number of hydrogen-bond acceptors (Lipinski definition) is 6. The van der Waals surface area contributed by atoms with E-state index in [0.29, 0.717) is 25.3 Å². The quantitative estimate of drug-likeness (QED) is 0.410. The lowest BCUT2D eigenvalue weighted by atomic mass is 9.89. The Morgan fingerprint density at radius 3 is 2.42 bits per heavy atom. The number of para-hydroxylation sites is 1. The van der Waals surface area contributed by atoms with Gasteiger partial charge in [-0.25, -0.2) is 0 Å². The molecule has 7 heteroatoms. The molecule has 0 radical (unpaired) electrons. The zero-order valence-corrected chi connectivity index (χ0v) is 22.7. The molecule has 1 aromatic heterocycles. The molecule has 38 heavy (non-hydrogen) atoms. The molecule has 0 amide bonds. The topological polar surface area (TPSA) is 61.0 Å². The third-order valence-electron chi connectivity index (χ3n) is 8.58. The minimum absolute atomic E-state index is 0.106. The van der Waals surface area contributed by atoms with Crippen molar-refractivity contribution in [3.63, 3.8) is 0 Å². The van der Waals surface area contributed by atoms with Gasteiger partial charge in [0.25, 0.3) is 0 Å². The molecule has 200 valence electrons. The number of nitrogens with one attached hydrogen (secondary N) is 1. The molecule has 3 aliphatic rings. The fraction of sp³-hybridized carbons (Fsp3) is 0.452. The summed E-state index contributed by atoms with van der Waals surface area (Å²) in [6.45, 7) is 2.93. The average Bonchev–Trinajstić information content (AvgIpc) is 2.95. The Morgan fingerprint density at radius 1 is 0.895 bits per heavy atom. The number of anilines is 2. The van der Waals surface area contributed by atoms with E-state index >= 15 is 0 Å². The van der Waals surface area contributed by atoms with Gasteiger partial charge < -0.3 is 29.2 Å². The Bertz CT molecular complexity index is 1350. The number of pyridine rings is 1. The normalized spacial score (nSPS) is 21.0. The summed E-state index contributed by atoms with van der Waals surface area (Å²) < 4.78 is 12.0. The summed E-state index contributed by atoms with van der Waals surface area (Å²) in [5.41, 5.74) is 6.11. The fourth-order valence-corrected chi connectivity index (χ4v) is 6.25. The summed E-state index contributed by atoms with van der Waals surface area (Å²) in [6, 6.07) is 17.8. The molecule has 0 atom stereocenters. The number of fused-ring (bicyclic) bond motifs is 2. The minimum atomic E-state index is -0.106. The van der Waals surface area contributed by atoms with Crippen LogP contribution in [0.3, 0.4) is 0 Å². The Morgan fingerprint density at radius 2 is 1.66 bits per heavy atom. The van der Waals surface area contributed by atoms with E-state index in [1.165, 1.54) is 36.9 Å². The van der Waals surface area contributed by atoms with E-state index < -0.39 is 0 Å². The zero-order chi connectivity index (χ0) is 26.2. The lowest BCUT2D eigenvalue weighted by molar-refractivity contribution is 0.122. The number of benzene rings is 2. The molecule has 2 aliphatic heterocycles. The van der Waals surface area contributed by atoms with Crippen molar-refractivity contribution in [3.8, 4) is 22.8 Å². The van der Waals surface area contributed by atoms with E-state index in [0.717, 1.165) is 53.5 Å². The van der Waals surface area contributed by atoms with E-state index in [4.69, 9.17) is 9.47 Å². The van der Waals surface area contributed by atoms with E-state index in [1.54, 1.807) is 6.07 Å². The van der Waals surface area contributed by atoms with Gasteiger partial charge in [-0.15, -0.1) is 0 Å². The van der Waals surface area contributed by atoms with E-state index in [1.807, 2.05) is 6.07 Å². The van der Waals surface area contributed by atoms with Crippen molar-refractivity contribution < 1.29 is 9.47 Å². The van der Waals surface area contributed by atoms with Gasteiger partial charge in [0.2, 0.25) is 5.56 Å². The van der Waals surface area contributed by atoms with Crippen LogP contribution in [0.4, 0.5) is 11.4 Å². The van der Waals surface area contributed by atoms with Crippen molar-refractivity contribution in [2.45, 2.75) is 44.2 Å². The van der Waals surface area contributed by atoms with Crippen LogP contribution in [0.2, 0.25) is 0 Å². The van der Waals surface area contributed by atoms with E-state index in [-0.39, 0.29) is 5.56 Å². The highest BCUT2D eigenvalue weighted by Gasteiger charge is 2.27. The number of nitrogens with zero attached hydrogens (tertiary/aromatic N) is 3. The number of hydrogen-bond donors (Lipinski definition) is 1. The number of aromatic nitrogens is 1. The first-order valence-corrected chi connectivity index (χ1v) is 13.9. The van der Waals surface area contributed by atoms with Crippen molar-refractivity contribution in [1.29, 1.82) is 0 Å². The SMILES string of the molecule is CN(C)[C@H]1CC[C@H](N(C)c2ccc3c(c2)Cc2cccc(-c4cc(N5CCOCC5)cc(=O)[nH]4)c2O3)CC1. The summed E-state index contributed by atoms with van der Waals surface area (Å²) in [6.07, 6.45) is 5.75. The third kappa shape index (κ3) is 4.93. The molecular weight excluding hydrogens is 476 g/mol. The number of ether oxygens (including phenoxy) is 2. The molecule has 2 fully saturated rings. The first-order chi connectivity index (χ1) is 18.5. The summed E-state index contributed by atoms with van der Waals surface area (Å²) in [5, 5.41) is 0. The lowest BCUT2D eigenvalue weighted by Gasteiger charge is -2.38. The maximum atomic E-state index is 12.6. The third-order valence-corrected chi connectivity index (χ3v) is 8.58. The van der Waals surface area contributed by atoms with Gasteiger partial charge in [-0.2, -0.15) is 0 Å². The summed E-state index contributed by atoms with van der Waals surface area (Å²) in [5.74, 6) is 1.72. The highest BCUT2D eigenvalue weighted by Crippen LogP contribution is 2.44. The number of H-pyrrole nitrogens is 1. The van der Waals surface area contributed by atoms with Crippen LogP contribution >= 0.6 is 0 Å². The van der Waals surface area contributed by atoms with Gasteiger partial charge in [0, 0.05) is 67.2 Å². The molecule has 3 aromatic rings. The largest absolute Gasteiger partial charge is 0.456 e. The van der Waals surface area contributed by atoms with Crippen molar-refractivity contribution in [3.05, 3.63) is 70.0 Å². The molecule has 1 aliphatic carbocycles. The van der Waals surface area contributed by atoms with Gasteiger partial charge >= 0.3 is 0 Å². The van der Waals surface area contributed by atoms with Gasteiger partial charge in [-0.1, -0.05) is 12.1 Å². The van der Waals surface area contributed by atoms with Gasteiger partial charge in [-0.3, -0.25) is 4.79 Å². The predicted molar refractivity (Wildman–Crippen MR) is 153 cm³/mol. The highest BCUT2D eigenvalue weighted by molar-refractivity contribution is 5.74. The van der Waals surface area contributed by atoms with Crippen LogP contribution in [0, 0.1) is 0 Å². The number of morpholine rings is 1. The smallest absolute Gasteiger partial charge is 0.250 e. The summed E-state index contributed by atoms with van der Waals surface area (Å²) in [4.78, 5) is 22.7. The summed E-state index contributed by atoms with van der Waals surface area (Å²) in [7, 11) is 6.62. The monoisotopic (exact) mass is 514 g/mol. The fourth-order valence-electron chi connectivity index (χ4n) is 6.25. The van der Waals surface area contributed by atoms with Crippen molar-refractivity contribution >= 4 is 11.4 Å². The maximum absolute atomic E-state index is 12.6. The Balaban J connectivity index is 1.24. The molecular formula is C31H38N4O3. The molecule has 7 nitrogen and oxygen atoms in total. The van der Waals surface area contributed by atoms with Crippen molar-refractivity contribution in [2.24, 2.45) is 0 Å². The Hall–Kier alpha value is -3.29. The maximum Gasteiger partial charge on any atom is 0.250 e. The second kappa shape index (κ2) is 10.5. The van der Waals surface area contributed by atoms with Crippen LogP contribution in [0.5, 0.6) is 11.5 Å². The molecule has 3 heterocycles. The first kappa shape index (κ1) is 25.0. The van der Waals surface area contributed by atoms with Crippen LogP contribution in [-0.2, 0) is 11.2 Å². The molecule has 2 aromatic carbocycles. The number of rotatable bonds is 5. The number of aromatic amines is 1. The molecule has 0 unspecified atom stereocenters. The predicted octanol–water partition coefficient (Wildman–Crippen LogP) is 4.88. The molecule has 0 bridgehead atoms. The molecule has 1 N–H and O–H groups in total. The van der Waals surface area contributed by atoms with Crippen molar-refractivity contribution in [2.75, 3.05) is 57.2 Å². The molecule has 1 saturated carbocycles. The van der Waals surface area contributed by atoms with Gasteiger partial charge in [-0.05, 0) is 75.7 Å². The van der Waals surface area contributed by atoms with Gasteiger partial charge in [0.1, 0.15) is 11.5 Å². The first-order valence-electron chi connectivity index (χ1n) is 13.9. The van der Waals surface area contributed by atoms with Crippen LogP contribution in [-0.4, -0.2) is 69.4 Å². The standard InChI is InChI=1S/C31H38N4O3/c1-33(2)23-7-9-24(10-8-23)34(3)25-11-12-29-22(18-25)17-21-5-4-6-27(31(21)38-29)28-19-26(20-30(36)32-28)35-13-15-37-16-14-35/h4-6,11-12,18-20,23-24H,7-10,13-17H2,1-3H3,(H,32,36)/t23-,24-.